The van der Waals surface area contributed by atoms with Crippen LogP contribution >= 0.6 is 15.9 Å². The van der Waals surface area contributed by atoms with Crippen LogP contribution in [0.3, 0.4) is 0 Å². The van der Waals surface area contributed by atoms with Crippen molar-refractivity contribution in [2.75, 3.05) is 5.73 Å². The average Bonchev–Trinajstić information content (AvgIpc) is 2.72. The second-order valence-electron chi connectivity index (χ2n) is 3.58. The second kappa shape index (κ2) is 3.85. The number of rotatable bonds is 1. The number of oxazole rings is 1. The molecule has 0 radical (unpaired) electrons. The summed E-state index contributed by atoms with van der Waals surface area (Å²) < 4.78 is 6.48. The van der Waals surface area contributed by atoms with Gasteiger partial charge in [-0.3, -0.25) is 0 Å². The minimum absolute atomic E-state index is 0.484. The zero-order chi connectivity index (χ0) is 11.8. The lowest BCUT2D eigenvalue weighted by molar-refractivity contribution is 0.616. The fourth-order valence-corrected chi connectivity index (χ4v) is 2.01. The van der Waals surface area contributed by atoms with Gasteiger partial charge in [0.2, 0.25) is 5.89 Å². The van der Waals surface area contributed by atoms with Crippen LogP contribution in [0.2, 0.25) is 0 Å². The third kappa shape index (κ3) is 1.78. The van der Waals surface area contributed by atoms with Gasteiger partial charge >= 0.3 is 0 Å². The number of benzene rings is 1. The number of nitrogens with zero attached hydrogens (tertiary/aromatic N) is 2. The van der Waals surface area contributed by atoms with Gasteiger partial charge in [-0.25, -0.2) is 9.97 Å². The van der Waals surface area contributed by atoms with Gasteiger partial charge in [0.1, 0.15) is 11.2 Å². The first-order valence-electron chi connectivity index (χ1n) is 5.01. The van der Waals surface area contributed by atoms with Gasteiger partial charge in [0.15, 0.2) is 5.58 Å². The lowest BCUT2D eigenvalue weighted by Gasteiger charge is -1.95. The van der Waals surface area contributed by atoms with E-state index in [0.717, 1.165) is 9.99 Å². The Labute approximate surface area is 106 Å². The van der Waals surface area contributed by atoms with Crippen molar-refractivity contribution in [1.29, 1.82) is 0 Å². The Morgan fingerprint density at radius 3 is 2.94 bits per heavy atom. The summed E-state index contributed by atoms with van der Waals surface area (Å²) >= 11 is 3.42. The van der Waals surface area contributed by atoms with E-state index >= 15 is 0 Å². The van der Waals surface area contributed by atoms with Gasteiger partial charge in [0, 0.05) is 22.4 Å². The average molecular weight is 290 g/mol. The van der Waals surface area contributed by atoms with Crippen LogP contribution in [0.25, 0.3) is 22.7 Å². The van der Waals surface area contributed by atoms with E-state index in [1.807, 2.05) is 18.2 Å². The molecule has 0 spiro atoms. The molecular formula is C12H8BrN3O. The highest BCUT2D eigenvalue weighted by molar-refractivity contribution is 9.10. The Balaban J connectivity index is 2.22. The molecule has 17 heavy (non-hydrogen) atoms. The van der Waals surface area contributed by atoms with Crippen molar-refractivity contribution < 1.29 is 4.42 Å². The molecule has 84 valence electrons. The van der Waals surface area contributed by atoms with Crippen LogP contribution in [0.1, 0.15) is 0 Å². The van der Waals surface area contributed by atoms with Crippen LogP contribution in [-0.2, 0) is 0 Å². The third-order valence-electron chi connectivity index (χ3n) is 2.37. The molecule has 2 aromatic heterocycles. The largest absolute Gasteiger partial charge is 0.435 e. The molecule has 4 nitrogen and oxygen atoms in total. The van der Waals surface area contributed by atoms with Crippen molar-refractivity contribution in [3.63, 3.8) is 0 Å². The van der Waals surface area contributed by atoms with Gasteiger partial charge in [-0.15, -0.1) is 0 Å². The Morgan fingerprint density at radius 1 is 1.24 bits per heavy atom. The topological polar surface area (TPSA) is 64.9 Å². The van der Waals surface area contributed by atoms with E-state index < -0.39 is 0 Å². The molecule has 1 aromatic carbocycles. The molecule has 0 bridgehead atoms. The van der Waals surface area contributed by atoms with Crippen LogP contribution < -0.4 is 5.73 Å². The van der Waals surface area contributed by atoms with E-state index in [0.29, 0.717) is 22.9 Å². The number of nitrogens with two attached hydrogens (primary N) is 1. The van der Waals surface area contributed by atoms with Crippen molar-refractivity contribution in [1.82, 2.24) is 9.97 Å². The summed E-state index contributed by atoms with van der Waals surface area (Å²) in [6.45, 7) is 0. The molecule has 0 aliphatic carbocycles. The number of hydrogen-bond donors (Lipinski definition) is 1. The zero-order valence-corrected chi connectivity index (χ0v) is 10.3. The van der Waals surface area contributed by atoms with Crippen LogP contribution in [0.4, 0.5) is 5.69 Å². The molecule has 0 fully saturated rings. The molecule has 3 aromatic rings. The monoisotopic (exact) mass is 289 g/mol. The third-order valence-corrected chi connectivity index (χ3v) is 3.01. The van der Waals surface area contributed by atoms with Crippen molar-refractivity contribution in [3.8, 4) is 11.6 Å². The number of nitrogen functional groups attached to an aromatic ring is 1. The lowest BCUT2D eigenvalue weighted by Crippen LogP contribution is -1.83. The van der Waals surface area contributed by atoms with Crippen molar-refractivity contribution in [2.45, 2.75) is 0 Å². The lowest BCUT2D eigenvalue weighted by atomic mass is 10.3. The van der Waals surface area contributed by atoms with Crippen molar-refractivity contribution in [2.24, 2.45) is 0 Å². The first-order valence-corrected chi connectivity index (χ1v) is 5.80. The minimum atomic E-state index is 0.484. The van der Waals surface area contributed by atoms with Gasteiger partial charge in [-0.2, -0.15) is 0 Å². The van der Waals surface area contributed by atoms with Gasteiger partial charge in [0.05, 0.1) is 0 Å². The van der Waals surface area contributed by atoms with E-state index in [4.69, 9.17) is 10.2 Å². The fourth-order valence-electron chi connectivity index (χ4n) is 1.59. The highest BCUT2D eigenvalue weighted by Crippen LogP contribution is 2.28. The summed E-state index contributed by atoms with van der Waals surface area (Å²) in [6, 6.07) is 9.11. The van der Waals surface area contributed by atoms with Crippen LogP contribution in [0.5, 0.6) is 0 Å². The number of pyridine rings is 1. The summed E-state index contributed by atoms with van der Waals surface area (Å²) in [5.41, 5.74) is 8.46. The summed E-state index contributed by atoms with van der Waals surface area (Å²) in [4.78, 5) is 8.60. The molecular weight excluding hydrogens is 282 g/mol. The number of hydrogen-bond acceptors (Lipinski definition) is 4. The summed E-state index contributed by atoms with van der Waals surface area (Å²) in [7, 11) is 0. The summed E-state index contributed by atoms with van der Waals surface area (Å²) in [5.74, 6) is 0.484. The summed E-state index contributed by atoms with van der Waals surface area (Å²) in [5, 5.41) is 0. The number of aromatic nitrogens is 2. The minimum Gasteiger partial charge on any atom is -0.435 e. The molecule has 0 unspecified atom stereocenters. The first-order chi connectivity index (χ1) is 8.24. The van der Waals surface area contributed by atoms with E-state index in [1.165, 1.54) is 0 Å². The highest BCUT2D eigenvalue weighted by atomic mass is 79.9. The zero-order valence-electron chi connectivity index (χ0n) is 8.72. The van der Waals surface area contributed by atoms with Crippen molar-refractivity contribution >= 4 is 32.7 Å². The number of halogens is 1. The summed E-state index contributed by atoms with van der Waals surface area (Å²) in [6.07, 6.45) is 1.70. The molecule has 0 saturated heterocycles. The van der Waals surface area contributed by atoms with Gasteiger partial charge in [-0.05, 0) is 40.2 Å². The van der Waals surface area contributed by atoms with E-state index in [2.05, 4.69) is 25.9 Å². The quantitative estimate of drug-likeness (QED) is 0.699. The van der Waals surface area contributed by atoms with Crippen LogP contribution in [0, 0.1) is 0 Å². The van der Waals surface area contributed by atoms with Gasteiger partial charge in [-0.1, -0.05) is 0 Å². The highest BCUT2D eigenvalue weighted by Gasteiger charge is 2.12. The predicted octanol–water partition coefficient (Wildman–Crippen LogP) is 3.23. The normalized spacial score (nSPS) is 10.9. The molecule has 0 saturated carbocycles. The SMILES string of the molecule is Nc1ccc2nc(-c3ncccc3Br)oc2c1. The van der Waals surface area contributed by atoms with Gasteiger partial charge < -0.3 is 10.2 Å². The molecule has 3 rings (SSSR count). The van der Waals surface area contributed by atoms with Crippen molar-refractivity contribution in [3.05, 3.63) is 41.0 Å². The maximum Gasteiger partial charge on any atom is 0.247 e. The first kappa shape index (κ1) is 10.3. The maximum absolute atomic E-state index is 5.69. The molecule has 0 aliphatic rings. The fraction of sp³-hybridized carbons (Fsp3) is 0. The molecule has 0 atom stereocenters. The Bertz CT molecular complexity index is 693. The number of fused-ring (bicyclic) bond motifs is 1. The molecule has 0 aliphatic heterocycles. The molecule has 5 heteroatoms. The standard InChI is InChI=1S/C12H8BrN3O/c13-8-2-1-5-15-11(8)12-16-9-4-3-7(14)6-10(9)17-12/h1-6H,14H2. The van der Waals surface area contributed by atoms with E-state index in [-0.39, 0.29) is 0 Å². The van der Waals surface area contributed by atoms with Gasteiger partial charge in [0.25, 0.3) is 0 Å². The van der Waals surface area contributed by atoms with Crippen LogP contribution in [-0.4, -0.2) is 9.97 Å². The maximum atomic E-state index is 5.69. The van der Waals surface area contributed by atoms with E-state index in [1.54, 1.807) is 18.3 Å². The van der Waals surface area contributed by atoms with Crippen LogP contribution in [0.15, 0.2) is 45.4 Å². The molecule has 0 amide bonds. The number of anilines is 1. The molecule has 2 heterocycles. The molecule has 2 N–H and O–H groups in total. The smallest absolute Gasteiger partial charge is 0.247 e. The Hall–Kier alpha value is -1.88. The van der Waals surface area contributed by atoms with E-state index in [9.17, 15) is 0 Å². The Morgan fingerprint density at radius 2 is 2.12 bits per heavy atom. The second-order valence-corrected chi connectivity index (χ2v) is 4.43. The Kier molecular flexibility index (Phi) is 2.33. The predicted molar refractivity (Wildman–Crippen MR) is 69.4 cm³/mol.